The van der Waals surface area contributed by atoms with E-state index in [1.807, 2.05) is 0 Å². The molecule has 1 aliphatic rings. The molecule has 0 saturated carbocycles. The molecular formula is C18H9ClN2O5. The van der Waals surface area contributed by atoms with Gasteiger partial charge in [0.1, 0.15) is 11.1 Å². The number of ether oxygens (including phenoxy) is 2. The molecule has 0 amide bonds. The number of benzene rings is 2. The van der Waals surface area contributed by atoms with Gasteiger partial charge in [-0.3, -0.25) is 0 Å². The molecule has 5 rings (SSSR count). The fourth-order valence-corrected chi connectivity index (χ4v) is 2.91. The lowest BCUT2D eigenvalue weighted by molar-refractivity contribution is 0.174. The van der Waals surface area contributed by atoms with Crippen LogP contribution in [0.3, 0.4) is 0 Å². The van der Waals surface area contributed by atoms with Crippen molar-refractivity contribution in [3.63, 3.8) is 0 Å². The summed E-state index contributed by atoms with van der Waals surface area (Å²) in [6, 6.07) is 11.9. The van der Waals surface area contributed by atoms with Gasteiger partial charge in [-0.2, -0.15) is 4.98 Å². The minimum Gasteiger partial charge on any atom is -0.454 e. The van der Waals surface area contributed by atoms with E-state index in [0.29, 0.717) is 38.9 Å². The maximum absolute atomic E-state index is 12.3. The van der Waals surface area contributed by atoms with E-state index >= 15 is 0 Å². The monoisotopic (exact) mass is 368 g/mol. The van der Waals surface area contributed by atoms with Crippen LogP contribution in [0.1, 0.15) is 0 Å². The Hall–Kier alpha value is -3.32. The smallest absolute Gasteiger partial charge is 0.349 e. The van der Waals surface area contributed by atoms with Crippen LogP contribution in [0, 0.1) is 0 Å². The van der Waals surface area contributed by atoms with E-state index < -0.39 is 5.63 Å². The molecule has 128 valence electrons. The number of hydrogen-bond acceptors (Lipinski definition) is 7. The first kappa shape index (κ1) is 15.0. The molecule has 0 N–H and O–H groups in total. The zero-order valence-corrected chi connectivity index (χ0v) is 13.8. The van der Waals surface area contributed by atoms with Gasteiger partial charge in [-0.1, -0.05) is 16.8 Å². The van der Waals surface area contributed by atoms with Crippen molar-refractivity contribution in [2.75, 3.05) is 6.79 Å². The Morgan fingerprint density at radius 3 is 2.81 bits per heavy atom. The van der Waals surface area contributed by atoms with Gasteiger partial charge in [0.2, 0.25) is 12.6 Å². The normalized spacial score (nSPS) is 12.7. The van der Waals surface area contributed by atoms with Crippen molar-refractivity contribution in [2.45, 2.75) is 0 Å². The SMILES string of the molecule is O=c1oc2ccc(Cl)cc2cc1-c1nc(-c2ccc3c(c2)OCO3)no1. The molecule has 0 aliphatic carbocycles. The molecule has 0 bridgehead atoms. The first-order valence-electron chi connectivity index (χ1n) is 7.65. The topological polar surface area (TPSA) is 87.6 Å². The number of nitrogens with zero attached hydrogens (tertiary/aromatic N) is 2. The van der Waals surface area contributed by atoms with Gasteiger partial charge in [-0.25, -0.2) is 4.79 Å². The van der Waals surface area contributed by atoms with Crippen molar-refractivity contribution in [1.82, 2.24) is 10.1 Å². The Kier molecular flexibility index (Phi) is 3.23. The summed E-state index contributed by atoms with van der Waals surface area (Å²) in [5.74, 6) is 1.65. The van der Waals surface area contributed by atoms with E-state index in [2.05, 4.69) is 10.1 Å². The van der Waals surface area contributed by atoms with Gasteiger partial charge in [0.15, 0.2) is 11.5 Å². The highest BCUT2D eigenvalue weighted by molar-refractivity contribution is 6.31. The highest BCUT2D eigenvalue weighted by Gasteiger charge is 2.19. The van der Waals surface area contributed by atoms with Crippen molar-refractivity contribution < 1.29 is 18.4 Å². The molecule has 0 atom stereocenters. The van der Waals surface area contributed by atoms with Crippen molar-refractivity contribution >= 4 is 22.6 Å². The predicted molar refractivity (Wildman–Crippen MR) is 92.3 cm³/mol. The zero-order chi connectivity index (χ0) is 17.7. The first-order chi connectivity index (χ1) is 12.7. The van der Waals surface area contributed by atoms with Crippen LogP contribution < -0.4 is 15.1 Å². The van der Waals surface area contributed by atoms with Gasteiger partial charge in [0.05, 0.1) is 0 Å². The molecule has 2 aromatic carbocycles. The summed E-state index contributed by atoms with van der Waals surface area (Å²) in [6.07, 6.45) is 0. The second kappa shape index (κ2) is 5.60. The number of rotatable bonds is 2. The molecular weight excluding hydrogens is 360 g/mol. The first-order valence-corrected chi connectivity index (χ1v) is 8.03. The Bertz CT molecular complexity index is 1210. The molecule has 8 heteroatoms. The summed E-state index contributed by atoms with van der Waals surface area (Å²) in [7, 11) is 0. The largest absolute Gasteiger partial charge is 0.454 e. The van der Waals surface area contributed by atoms with E-state index in [4.69, 9.17) is 30.0 Å². The Morgan fingerprint density at radius 2 is 1.88 bits per heavy atom. The molecule has 0 fully saturated rings. The molecule has 1 aliphatic heterocycles. The van der Waals surface area contributed by atoms with Gasteiger partial charge in [-0.15, -0.1) is 0 Å². The van der Waals surface area contributed by atoms with Gasteiger partial charge < -0.3 is 18.4 Å². The lowest BCUT2D eigenvalue weighted by atomic mass is 10.2. The number of hydrogen-bond donors (Lipinski definition) is 0. The molecule has 0 unspecified atom stereocenters. The summed E-state index contributed by atoms with van der Waals surface area (Å²) in [5, 5.41) is 5.13. The van der Waals surface area contributed by atoms with Crippen LogP contribution in [0.2, 0.25) is 5.02 Å². The van der Waals surface area contributed by atoms with E-state index in [9.17, 15) is 4.79 Å². The third kappa shape index (κ3) is 2.41. The van der Waals surface area contributed by atoms with E-state index in [0.717, 1.165) is 0 Å². The van der Waals surface area contributed by atoms with Crippen molar-refractivity contribution in [3.05, 3.63) is 57.9 Å². The summed E-state index contributed by atoms with van der Waals surface area (Å²) in [4.78, 5) is 16.6. The van der Waals surface area contributed by atoms with Gasteiger partial charge in [-0.05, 0) is 42.5 Å². The lowest BCUT2D eigenvalue weighted by Crippen LogP contribution is -2.02. The second-order valence-corrected chi connectivity index (χ2v) is 6.06. The fraction of sp³-hybridized carbons (Fsp3) is 0.0556. The minimum absolute atomic E-state index is 0.0632. The number of halogens is 1. The Morgan fingerprint density at radius 1 is 1.00 bits per heavy atom. The Labute approximate surface area is 150 Å². The van der Waals surface area contributed by atoms with Crippen LogP contribution in [-0.2, 0) is 0 Å². The number of fused-ring (bicyclic) bond motifs is 2. The van der Waals surface area contributed by atoms with Crippen molar-refractivity contribution in [2.24, 2.45) is 0 Å². The average molecular weight is 369 g/mol. The van der Waals surface area contributed by atoms with Crippen LogP contribution in [-0.4, -0.2) is 16.9 Å². The second-order valence-electron chi connectivity index (χ2n) is 5.62. The maximum Gasteiger partial charge on any atom is 0.349 e. The van der Waals surface area contributed by atoms with Gasteiger partial charge in [0, 0.05) is 16.0 Å². The predicted octanol–water partition coefficient (Wildman–Crippen LogP) is 3.89. The summed E-state index contributed by atoms with van der Waals surface area (Å²) in [6.45, 7) is 0.178. The quantitative estimate of drug-likeness (QED) is 0.496. The van der Waals surface area contributed by atoms with Gasteiger partial charge in [0.25, 0.3) is 5.89 Å². The van der Waals surface area contributed by atoms with Crippen LogP contribution >= 0.6 is 11.6 Å². The fourth-order valence-electron chi connectivity index (χ4n) is 2.73. The maximum atomic E-state index is 12.3. The molecule has 4 aromatic rings. The molecule has 2 aromatic heterocycles. The standard InChI is InChI=1S/C18H9ClN2O5/c19-11-2-4-13-10(5-11)6-12(18(22)25-13)17-20-16(21-26-17)9-1-3-14-15(7-9)24-8-23-14/h1-7H,8H2. The van der Waals surface area contributed by atoms with Crippen LogP contribution in [0.15, 0.2) is 56.2 Å². The molecule has 0 saturated heterocycles. The van der Waals surface area contributed by atoms with Gasteiger partial charge >= 0.3 is 5.63 Å². The minimum atomic E-state index is -0.569. The van der Waals surface area contributed by atoms with E-state index in [1.54, 1.807) is 42.5 Å². The zero-order valence-electron chi connectivity index (χ0n) is 13.1. The molecule has 0 spiro atoms. The third-order valence-electron chi connectivity index (χ3n) is 3.98. The average Bonchev–Trinajstić information content (AvgIpc) is 3.30. The number of aromatic nitrogens is 2. The van der Waals surface area contributed by atoms with Crippen molar-refractivity contribution in [3.8, 4) is 34.3 Å². The van der Waals surface area contributed by atoms with Crippen LogP contribution in [0.4, 0.5) is 0 Å². The van der Waals surface area contributed by atoms with E-state index in [-0.39, 0.29) is 18.2 Å². The summed E-state index contributed by atoms with van der Waals surface area (Å²) in [5.41, 5.74) is 0.705. The Balaban J connectivity index is 1.59. The highest BCUT2D eigenvalue weighted by Crippen LogP contribution is 2.35. The molecule has 3 heterocycles. The third-order valence-corrected chi connectivity index (χ3v) is 4.22. The lowest BCUT2D eigenvalue weighted by Gasteiger charge is -1.99. The summed E-state index contributed by atoms with van der Waals surface area (Å²) < 4.78 is 21.2. The molecule has 26 heavy (non-hydrogen) atoms. The molecule has 0 radical (unpaired) electrons. The highest BCUT2D eigenvalue weighted by atomic mass is 35.5. The van der Waals surface area contributed by atoms with Crippen molar-refractivity contribution in [1.29, 1.82) is 0 Å². The van der Waals surface area contributed by atoms with Crippen LogP contribution in [0.25, 0.3) is 33.8 Å². The molecule has 7 nitrogen and oxygen atoms in total. The van der Waals surface area contributed by atoms with Crippen LogP contribution in [0.5, 0.6) is 11.5 Å². The summed E-state index contributed by atoms with van der Waals surface area (Å²) >= 11 is 5.99. The van der Waals surface area contributed by atoms with E-state index in [1.165, 1.54) is 0 Å².